The Morgan fingerprint density at radius 2 is 2.14 bits per heavy atom. The molecule has 0 aliphatic heterocycles. The van der Waals surface area contributed by atoms with Crippen LogP contribution in [0.25, 0.3) is 0 Å². The Kier molecular flexibility index (Phi) is 2.92. The number of thioether (sulfide) groups is 1. The van der Waals surface area contributed by atoms with E-state index in [1.807, 2.05) is 0 Å². The van der Waals surface area contributed by atoms with E-state index in [1.165, 1.54) is 0 Å². The van der Waals surface area contributed by atoms with E-state index in [9.17, 15) is 14.4 Å². The van der Waals surface area contributed by atoms with E-state index in [2.05, 4.69) is 0 Å². The van der Waals surface area contributed by atoms with E-state index in [-0.39, 0.29) is 5.49 Å². The molecule has 0 aromatic carbocycles. The summed E-state index contributed by atoms with van der Waals surface area (Å²) >= 11 is 1.02. The molecule has 3 nitrogen and oxygen atoms in total. The Balaban J connectivity index is 3.36. The zero-order valence-electron chi connectivity index (χ0n) is 3.79. The maximum atomic E-state index is 9.68. The molecule has 0 spiro atoms. The van der Waals surface area contributed by atoms with Crippen LogP contribution in [0.1, 0.15) is 0 Å². The van der Waals surface area contributed by atoms with Crippen LogP contribution in [0.4, 0.5) is 0 Å². The van der Waals surface area contributed by atoms with E-state index in [1.54, 1.807) is 6.26 Å². The summed E-state index contributed by atoms with van der Waals surface area (Å²) in [5.74, 6) is 0. The van der Waals surface area contributed by atoms with Crippen molar-refractivity contribution < 1.29 is 14.4 Å². The summed E-state index contributed by atoms with van der Waals surface area (Å²) in [5.41, 5.74) is -0.299. The van der Waals surface area contributed by atoms with Crippen molar-refractivity contribution in [2.75, 3.05) is 11.7 Å². The Hall–Kier alpha value is 0.500. The van der Waals surface area contributed by atoms with Gasteiger partial charge in [0.25, 0.3) is 0 Å². The van der Waals surface area contributed by atoms with E-state index in [0.717, 1.165) is 11.8 Å². The Bertz CT molecular complexity index is 86.9. The average molecular weight is 140 g/mol. The highest BCUT2D eigenvalue weighted by Gasteiger charge is 1.83. The van der Waals surface area contributed by atoms with Crippen LogP contribution in [-0.2, 0) is 4.57 Å². The van der Waals surface area contributed by atoms with Crippen LogP contribution in [0, 0.1) is 0 Å². The summed E-state index contributed by atoms with van der Waals surface area (Å²) in [4.78, 5) is 19.4. The van der Waals surface area contributed by atoms with Crippen molar-refractivity contribution in [3.63, 3.8) is 0 Å². The van der Waals surface area contributed by atoms with Gasteiger partial charge in [-0.15, -0.1) is 0 Å². The maximum absolute atomic E-state index is 9.68. The monoisotopic (exact) mass is 140 g/mol. The molecule has 0 fully saturated rings. The van der Waals surface area contributed by atoms with Gasteiger partial charge in [-0.2, -0.15) is 11.8 Å². The molecule has 0 aromatic rings. The molecule has 0 saturated heterocycles. The minimum atomic E-state index is -4.20. The molecular formula is C2H5O3PS-2. The lowest BCUT2D eigenvalue weighted by Crippen LogP contribution is -2.14. The molecule has 0 rings (SSSR count). The third-order valence-corrected chi connectivity index (χ3v) is 2.58. The largest absolute Gasteiger partial charge is 0.810 e. The molecule has 5 heteroatoms. The molecule has 0 heterocycles. The summed E-state index contributed by atoms with van der Waals surface area (Å²) in [7, 11) is -4.20. The fourth-order valence-corrected chi connectivity index (χ4v) is 1.42. The lowest BCUT2D eigenvalue weighted by molar-refractivity contribution is -0.311. The first-order valence-corrected chi connectivity index (χ1v) is 4.68. The Labute approximate surface area is 46.3 Å². The topological polar surface area (TPSA) is 63.2 Å². The van der Waals surface area contributed by atoms with Gasteiger partial charge in [-0.1, -0.05) is 7.60 Å². The van der Waals surface area contributed by atoms with E-state index >= 15 is 0 Å². The predicted molar refractivity (Wildman–Crippen MR) is 26.0 cm³/mol. The zero-order chi connectivity index (χ0) is 5.91. The minimum absolute atomic E-state index is 0.299. The fourth-order valence-electron chi connectivity index (χ4n) is 0.158. The molecule has 7 heavy (non-hydrogen) atoms. The molecule has 0 N–H and O–H groups in total. The van der Waals surface area contributed by atoms with Crippen LogP contribution in [-0.4, -0.2) is 11.7 Å². The molecule has 0 radical (unpaired) electrons. The van der Waals surface area contributed by atoms with Crippen molar-refractivity contribution in [1.29, 1.82) is 0 Å². The van der Waals surface area contributed by atoms with Crippen molar-refractivity contribution in [1.82, 2.24) is 0 Å². The standard InChI is InChI=1S/C2H7O3PS/c1-7-2-6(3,4)5/h2H2,1H3,(H2,3,4,5)/p-2. The third-order valence-electron chi connectivity index (χ3n) is 0.287. The molecule has 0 bridgehead atoms. The van der Waals surface area contributed by atoms with Gasteiger partial charge in [-0.25, -0.2) is 0 Å². The molecule has 0 unspecified atom stereocenters. The van der Waals surface area contributed by atoms with Crippen LogP contribution < -0.4 is 9.79 Å². The molecule has 44 valence electrons. The van der Waals surface area contributed by atoms with Gasteiger partial charge in [0.15, 0.2) is 0 Å². The Morgan fingerprint density at radius 1 is 1.71 bits per heavy atom. The van der Waals surface area contributed by atoms with Gasteiger partial charge >= 0.3 is 0 Å². The third kappa shape index (κ3) is 6.50. The van der Waals surface area contributed by atoms with Gasteiger partial charge in [0.2, 0.25) is 0 Å². The van der Waals surface area contributed by atoms with Crippen molar-refractivity contribution in [2.45, 2.75) is 0 Å². The van der Waals surface area contributed by atoms with Crippen LogP contribution in [0.15, 0.2) is 0 Å². The van der Waals surface area contributed by atoms with Crippen molar-refractivity contribution >= 4 is 19.4 Å². The van der Waals surface area contributed by atoms with E-state index in [0.29, 0.717) is 0 Å². The normalized spacial score (nSPS) is 11.9. The first kappa shape index (κ1) is 7.50. The summed E-state index contributed by atoms with van der Waals surface area (Å²) < 4.78 is 9.68. The molecule has 0 aromatic heterocycles. The predicted octanol–water partition coefficient (Wildman–Crippen LogP) is -0.779. The first-order chi connectivity index (χ1) is 3.06. The van der Waals surface area contributed by atoms with Crippen LogP contribution in [0.3, 0.4) is 0 Å². The second-order valence-electron chi connectivity index (χ2n) is 1.03. The quantitative estimate of drug-likeness (QED) is 0.472. The summed E-state index contributed by atoms with van der Waals surface area (Å²) in [6.45, 7) is 0. The van der Waals surface area contributed by atoms with Gasteiger partial charge in [0.05, 0.1) is 0 Å². The van der Waals surface area contributed by atoms with Gasteiger partial charge in [-0.3, -0.25) is 0 Å². The summed E-state index contributed by atoms with van der Waals surface area (Å²) in [6.07, 6.45) is 1.57. The highest BCUT2D eigenvalue weighted by Crippen LogP contribution is 2.26. The van der Waals surface area contributed by atoms with Crippen molar-refractivity contribution in [2.24, 2.45) is 0 Å². The molecule has 0 aliphatic carbocycles. The van der Waals surface area contributed by atoms with Gasteiger partial charge in [-0.05, 0) is 6.26 Å². The van der Waals surface area contributed by atoms with Gasteiger partial charge in [0.1, 0.15) is 0 Å². The molecule has 0 aliphatic rings. The fraction of sp³-hybridized carbons (Fsp3) is 1.00. The average Bonchev–Trinajstić information content (AvgIpc) is 1.30. The van der Waals surface area contributed by atoms with Crippen LogP contribution in [0.2, 0.25) is 0 Å². The highest BCUT2D eigenvalue weighted by atomic mass is 32.2. The molecule has 0 amide bonds. The van der Waals surface area contributed by atoms with E-state index in [4.69, 9.17) is 0 Å². The Morgan fingerprint density at radius 3 is 2.14 bits per heavy atom. The summed E-state index contributed by atoms with van der Waals surface area (Å²) in [6, 6.07) is 0. The minimum Gasteiger partial charge on any atom is -0.810 e. The lowest BCUT2D eigenvalue weighted by atomic mass is 11.9. The number of rotatable bonds is 2. The smallest absolute Gasteiger partial charge is 0.0208 e. The zero-order valence-corrected chi connectivity index (χ0v) is 5.50. The van der Waals surface area contributed by atoms with Gasteiger partial charge in [0, 0.05) is 5.49 Å². The SMILES string of the molecule is CSCP(=O)([O-])[O-]. The number of hydrogen-bond acceptors (Lipinski definition) is 4. The van der Waals surface area contributed by atoms with Crippen LogP contribution >= 0.6 is 19.4 Å². The molecule has 0 saturated carbocycles. The maximum Gasteiger partial charge on any atom is 0.0208 e. The summed E-state index contributed by atoms with van der Waals surface area (Å²) in [5, 5.41) is 0. The molecular weight excluding hydrogens is 135 g/mol. The highest BCUT2D eigenvalue weighted by molar-refractivity contribution is 8.03. The van der Waals surface area contributed by atoms with Gasteiger partial charge < -0.3 is 14.4 Å². The second kappa shape index (κ2) is 2.72. The van der Waals surface area contributed by atoms with E-state index < -0.39 is 7.60 Å². The number of hydrogen-bond donors (Lipinski definition) is 0. The molecule has 0 atom stereocenters. The van der Waals surface area contributed by atoms with Crippen LogP contribution in [0.5, 0.6) is 0 Å². The second-order valence-corrected chi connectivity index (χ2v) is 3.86. The van der Waals surface area contributed by atoms with Crippen molar-refractivity contribution in [3.8, 4) is 0 Å². The lowest BCUT2D eigenvalue weighted by Gasteiger charge is -2.27. The van der Waals surface area contributed by atoms with Crippen molar-refractivity contribution in [3.05, 3.63) is 0 Å². The first-order valence-electron chi connectivity index (χ1n) is 1.56.